The summed E-state index contributed by atoms with van der Waals surface area (Å²) in [6.45, 7) is 0.538. The van der Waals surface area contributed by atoms with Crippen LogP contribution in [0, 0.1) is 5.82 Å². The van der Waals surface area contributed by atoms with E-state index >= 15 is 0 Å². The van der Waals surface area contributed by atoms with Crippen molar-refractivity contribution >= 4 is 5.91 Å². The number of amides is 1. The molecule has 0 saturated carbocycles. The van der Waals surface area contributed by atoms with Crippen LogP contribution in [0.15, 0.2) is 54.6 Å². The van der Waals surface area contributed by atoms with Crippen molar-refractivity contribution in [1.29, 1.82) is 0 Å². The highest BCUT2D eigenvalue weighted by atomic mass is 19.1. The minimum atomic E-state index is -0.586. The molecule has 0 unspecified atom stereocenters. The van der Waals surface area contributed by atoms with Gasteiger partial charge in [-0.3, -0.25) is 4.79 Å². The molecular weight excluding hydrogens is 309 g/mol. The van der Waals surface area contributed by atoms with Crippen LogP contribution in [0.2, 0.25) is 0 Å². The van der Waals surface area contributed by atoms with Gasteiger partial charge in [-0.2, -0.15) is 0 Å². The van der Waals surface area contributed by atoms with Crippen LogP contribution < -0.4 is 4.74 Å². The lowest BCUT2D eigenvalue weighted by atomic mass is 10.0. The molecule has 1 aliphatic heterocycles. The summed E-state index contributed by atoms with van der Waals surface area (Å²) in [5.74, 6) is 0.277. The number of carbonyl (C=O) groups is 1. The highest BCUT2D eigenvalue weighted by Gasteiger charge is 2.35. The van der Waals surface area contributed by atoms with E-state index in [0.717, 1.165) is 0 Å². The Kier molecular flexibility index (Phi) is 5.11. The number of rotatable bonds is 5. The van der Waals surface area contributed by atoms with Crippen molar-refractivity contribution < 1.29 is 19.0 Å². The quantitative estimate of drug-likeness (QED) is 0.917. The molecule has 0 radical (unpaired) electrons. The van der Waals surface area contributed by atoms with Gasteiger partial charge in [0.1, 0.15) is 11.6 Å². The Morgan fingerprint density at radius 3 is 2.75 bits per heavy atom. The van der Waals surface area contributed by atoms with E-state index in [9.17, 15) is 14.3 Å². The van der Waals surface area contributed by atoms with E-state index in [0.29, 0.717) is 17.7 Å². The third-order valence-electron chi connectivity index (χ3n) is 4.16. The van der Waals surface area contributed by atoms with Crippen LogP contribution in [-0.4, -0.2) is 35.2 Å². The number of hydrogen-bond acceptors (Lipinski definition) is 3. The summed E-state index contributed by atoms with van der Waals surface area (Å²) in [5, 5.41) is 9.93. The number of ether oxygens (including phenoxy) is 1. The van der Waals surface area contributed by atoms with Crippen LogP contribution in [0.4, 0.5) is 4.39 Å². The van der Waals surface area contributed by atoms with Crippen molar-refractivity contribution in [3.8, 4) is 5.75 Å². The topological polar surface area (TPSA) is 49.8 Å². The second-order valence-electron chi connectivity index (χ2n) is 5.92. The number of halogens is 1. The molecule has 1 aliphatic rings. The van der Waals surface area contributed by atoms with Crippen LogP contribution >= 0.6 is 0 Å². The number of hydrogen-bond donors (Lipinski definition) is 1. The first-order valence-corrected chi connectivity index (χ1v) is 8.04. The van der Waals surface area contributed by atoms with Gasteiger partial charge >= 0.3 is 0 Å². The van der Waals surface area contributed by atoms with E-state index in [2.05, 4.69) is 0 Å². The molecule has 1 N–H and O–H groups in total. The maximum absolute atomic E-state index is 13.5. The summed E-state index contributed by atoms with van der Waals surface area (Å²) in [5.41, 5.74) is 0.712. The van der Waals surface area contributed by atoms with Crippen molar-refractivity contribution in [2.45, 2.75) is 25.0 Å². The van der Waals surface area contributed by atoms with Crippen LogP contribution in [0.25, 0.3) is 0 Å². The normalized spacial score (nSPS) is 20.2. The zero-order valence-electron chi connectivity index (χ0n) is 13.3. The Bertz CT molecular complexity index is 692. The third kappa shape index (κ3) is 3.92. The number of likely N-dealkylation sites (tertiary alicyclic amines) is 1. The molecule has 2 aromatic rings. The Balaban J connectivity index is 1.62. The smallest absolute Gasteiger partial charge is 0.226 e. The fourth-order valence-electron chi connectivity index (χ4n) is 3.04. The fourth-order valence-corrected chi connectivity index (χ4v) is 3.04. The van der Waals surface area contributed by atoms with Gasteiger partial charge in [0.05, 0.1) is 25.2 Å². The first-order chi connectivity index (χ1) is 11.6. The largest absolute Gasteiger partial charge is 0.493 e. The van der Waals surface area contributed by atoms with E-state index in [1.165, 1.54) is 12.1 Å². The molecule has 1 amide bonds. The van der Waals surface area contributed by atoms with E-state index in [-0.39, 0.29) is 37.3 Å². The molecule has 1 fully saturated rings. The lowest BCUT2D eigenvalue weighted by Gasteiger charge is -2.25. The standard InChI is InChI=1S/C19H20FNO3/c20-15-6-4-5-14(11-15)18-12-16(22)13-21(18)19(23)9-10-24-17-7-2-1-3-8-17/h1-8,11,16,18,22H,9-10,12-13H2/t16-,18+/m1/s1. The molecule has 4 nitrogen and oxygen atoms in total. The Labute approximate surface area is 140 Å². The number of aliphatic hydroxyl groups is 1. The van der Waals surface area contributed by atoms with Gasteiger partial charge in [-0.15, -0.1) is 0 Å². The average Bonchev–Trinajstić information content (AvgIpc) is 2.98. The summed E-state index contributed by atoms with van der Waals surface area (Å²) in [6.07, 6.45) is 0.0552. The summed E-state index contributed by atoms with van der Waals surface area (Å²) < 4.78 is 19.0. The molecule has 1 saturated heterocycles. The van der Waals surface area contributed by atoms with Crippen LogP contribution in [-0.2, 0) is 4.79 Å². The molecule has 0 aliphatic carbocycles. The average molecular weight is 329 g/mol. The highest BCUT2D eigenvalue weighted by molar-refractivity contribution is 5.77. The predicted molar refractivity (Wildman–Crippen MR) is 88.0 cm³/mol. The van der Waals surface area contributed by atoms with Crippen molar-refractivity contribution in [3.63, 3.8) is 0 Å². The van der Waals surface area contributed by atoms with Crippen LogP contribution in [0.3, 0.4) is 0 Å². The van der Waals surface area contributed by atoms with Crippen molar-refractivity contribution in [2.75, 3.05) is 13.2 Å². The SMILES string of the molecule is O=C(CCOc1ccccc1)N1C[C@H](O)C[C@H]1c1cccc(F)c1. The zero-order chi connectivity index (χ0) is 16.9. The lowest BCUT2D eigenvalue weighted by molar-refractivity contribution is -0.133. The Hall–Kier alpha value is -2.40. The Morgan fingerprint density at radius 2 is 2.00 bits per heavy atom. The van der Waals surface area contributed by atoms with Gasteiger partial charge in [-0.25, -0.2) is 4.39 Å². The van der Waals surface area contributed by atoms with Crippen molar-refractivity contribution in [1.82, 2.24) is 4.90 Å². The first-order valence-electron chi connectivity index (χ1n) is 8.04. The number of nitrogens with zero attached hydrogens (tertiary/aromatic N) is 1. The number of aliphatic hydroxyl groups excluding tert-OH is 1. The van der Waals surface area contributed by atoms with Crippen molar-refractivity contribution in [3.05, 3.63) is 66.0 Å². The van der Waals surface area contributed by atoms with Gasteiger partial charge in [0.15, 0.2) is 0 Å². The van der Waals surface area contributed by atoms with Gasteiger partial charge in [0.2, 0.25) is 5.91 Å². The van der Waals surface area contributed by atoms with E-state index in [1.807, 2.05) is 30.3 Å². The van der Waals surface area contributed by atoms with Crippen LogP contribution in [0.5, 0.6) is 5.75 Å². The van der Waals surface area contributed by atoms with Crippen LogP contribution in [0.1, 0.15) is 24.4 Å². The molecule has 5 heteroatoms. The molecule has 0 bridgehead atoms. The fraction of sp³-hybridized carbons (Fsp3) is 0.316. The van der Waals surface area contributed by atoms with E-state index in [4.69, 9.17) is 4.74 Å². The molecule has 2 aromatic carbocycles. The predicted octanol–water partition coefficient (Wildman–Crippen LogP) is 2.93. The summed E-state index contributed by atoms with van der Waals surface area (Å²) in [6, 6.07) is 15.2. The van der Waals surface area contributed by atoms with Crippen molar-refractivity contribution in [2.24, 2.45) is 0 Å². The molecule has 1 heterocycles. The van der Waals surface area contributed by atoms with Gasteiger partial charge < -0.3 is 14.7 Å². The number of benzene rings is 2. The van der Waals surface area contributed by atoms with E-state index in [1.54, 1.807) is 17.0 Å². The summed E-state index contributed by atoms with van der Waals surface area (Å²) in [7, 11) is 0. The monoisotopic (exact) mass is 329 g/mol. The first kappa shape index (κ1) is 16.5. The minimum Gasteiger partial charge on any atom is -0.493 e. The van der Waals surface area contributed by atoms with Gasteiger partial charge in [0, 0.05) is 6.54 Å². The zero-order valence-corrected chi connectivity index (χ0v) is 13.3. The van der Waals surface area contributed by atoms with Gasteiger partial charge in [-0.1, -0.05) is 30.3 Å². The summed E-state index contributed by atoms with van der Waals surface area (Å²) in [4.78, 5) is 14.1. The maximum atomic E-state index is 13.5. The minimum absolute atomic E-state index is 0.100. The molecule has 24 heavy (non-hydrogen) atoms. The molecule has 0 aromatic heterocycles. The van der Waals surface area contributed by atoms with Gasteiger partial charge in [-0.05, 0) is 36.2 Å². The molecular formula is C19H20FNO3. The van der Waals surface area contributed by atoms with E-state index < -0.39 is 6.10 Å². The Morgan fingerprint density at radius 1 is 1.21 bits per heavy atom. The lowest BCUT2D eigenvalue weighted by Crippen LogP contribution is -2.32. The number of carbonyl (C=O) groups excluding carboxylic acids is 1. The molecule has 2 atom stereocenters. The van der Waals surface area contributed by atoms with Gasteiger partial charge in [0.25, 0.3) is 0 Å². The number of para-hydroxylation sites is 1. The second-order valence-corrected chi connectivity index (χ2v) is 5.92. The third-order valence-corrected chi connectivity index (χ3v) is 4.16. The molecule has 0 spiro atoms. The maximum Gasteiger partial charge on any atom is 0.226 e. The highest BCUT2D eigenvalue weighted by Crippen LogP contribution is 2.32. The summed E-state index contributed by atoms with van der Waals surface area (Å²) >= 11 is 0. The second kappa shape index (κ2) is 7.45. The molecule has 3 rings (SSSR count). The molecule has 126 valence electrons. The number of β-amino-alcohol motifs (C(OH)–C–C–N with tert-alkyl or cyclic N) is 1.